The fourth-order valence-electron chi connectivity index (χ4n) is 1.68. The van der Waals surface area contributed by atoms with Crippen molar-refractivity contribution in [2.45, 2.75) is 19.9 Å². The predicted molar refractivity (Wildman–Crippen MR) is 84.5 cm³/mol. The SMILES string of the molecule is CCc1nncn1CCN=C(N(C)C)N(C)C.I. The number of hydrogen-bond acceptors (Lipinski definition) is 3. The minimum atomic E-state index is 0. The first kappa shape index (κ1) is 17.1. The maximum absolute atomic E-state index is 4.57. The number of hydrogen-bond donors (Lipinski definition) is 0. The summed E-state index contributed by atoms with van der Waals surface area (Å²) in [6.07, 6.45) is 2.66. The van der Waals surface area contributed by atoms with E-state index in [4.69, 9.17) is 0 Å². The maximum Gasteiger partial charge on any atom is 0.195 e. The Balaban J connectivity index is 0.00000289. The van der Waals surface area contributed by atoms with Gasteiger partial charge in [-0.2, -0.15) is 0 Å². The van der Waals surface area contributed by atoms with Crippen LogP contribution in [0.5, 0.6) is 0 Å². The van der Waals surface area contributed by atoms with Crippen LogP contribution < -0.4 is 0 Å². The smallest absolute Gasteiger partial charge is 0.195 e. The summed E-state index contributed by atoms with van der Waals surface area (Å²) >= 11 is 0. The van der Waals surface area contributed by atoms with Crippen molar-refractivity contribution in [1.29, 1.82) is 0 Å². The Morgan fingerprint density at radius 3 is 2.39 bits per heavy atom. The number of aryl methyl sites for hydroxylation is 1. The zero-order valence-corrected chi connectivity index (χ0v) is 14.1. The summed E-state index contributed by atoms with van der Waals surface area (Å²) in [5, 5.41) is 7.95. The third-order valence-corrected chi connectivity index (χ3v) is 2.41. The fourth-order valence-corrected chi connectivity index (χ4v) is 1.68. The quantitative estimate of drug-likeness (QED) is 0.452. The van der Waals surface area contributed by atoms with Crippen molar-refractivity contribution in [1.82, 2.24) is 24.6 Å². The molecule has 0 atom stereocenters. The average molecular weight is 366 g/mol. The van der Waals surface area contributed by atoms with Crippen LogP contribution in [0, 0.1) is 0 Å². The topological polar surface area (TPSA) is 49.6 Å². The summed E-state index contributed by atoms with van der Waals surface area (Å²) in [6.45, 7) is 3.63. The van der Waals surface area contributed by atoms with E-state index < -0.39 is 0 Å². The van der Waals surface area contributed by atoms with Crippen LogP contribution in [0.15, 0.2) is 11.3 Å². The fraction of sp³-hybridized carbons (Fsp3) is 0.727. The highest BCUT2D eigenvalue weighted by Crippen LogP contribution is 1.97. The lowest BCUT2D eigenvalue weighted by atomic mass is 10.4. The molecule has 6 nitrogen and oxygen atoms in total. The van der Waals surface area contributed by atoms with Gasteiger partial charge in [0.25, 0.3) is 0 Å². The lowest BCUT2D eigenvalue weighted by Gasteiger charge is -2.22. The van der Waals surface area contributed by atoms with Gasteiger partial charge < -0.3 is 14.4 Å². The molecular weight excluding hydrogens is 343 g/mol. The van der Waals surface area contributed by atoms with E-state index in [1.165, 1.54) is 0 Å². The Bertz CT molecular complexity index is 361. The first-order valence-corrected chi connectivity index (χ1v) is 5.82. The van der Waals surface area contributed by atoms with Gasteiger partial charge in [0.15, 0.2) is 5.96 Å². The highest BCUT2D eigenvalue weighted by atomic mass is 127. The summed E-state index contributed by atoms with van der Waals surface area (Å²) in [5.74, 6) is 1.98. The molecule has 0 amide bonds. The zero-order valence-electron chi connectivity index (χ0n) is 11.8. The first-order valence-electron chi connectivity index (χ1n) is 5.82. The highest BCUT2D eigenvalue weighted by molar-refractivity contribution is 14.0. The molecule has 0 bridgehead atoms. The molecule has 0 aliphatic heterocycles. The van der Waals surface area contributed by atoms with Crippen LogP contribution in [0.4, 0.5) is 0 Å². The van der Waals surface area contributed by atoms with Gasteiger partial charge in [0, 0.05) is 41.2 Å². The molecule has 1 aromatic heterocycles. The molecule has 1 heterocycles. The summed E-state index contributed by atoms with van der Waals surface area (Å²) < 4.78 is 2.05. The number of guanidine groups is 1. The number of halogens is 1. The van der Waals surface area contributed by atoms with Crippen LogP contribution in [0.3, 0.4) is 0 Å². The second-order valence-electron chi connectivity index (χ2n) is 4.26. The van der Waals surface area contributed by atoms with E-state index >= 15 is 0 Å². The second kappa shape index (κ2) is 8.28. The molecule has 0 radical (unpaired) electrons. The van der Waals surface area contributed by atoms with Crippen LogP contribution in [-0.2, 0) is 13.0 Å². The van der Waals surface area contributed by atoms with Crippen LogP contribution in [-0.4, -0.2) is 65.3 Å². The van der Waals surface area contributed by atoms with Crippen LogP contribution in [0.1, 0.15) is 12.7 Å². The Labute approximate surface area is 126 Å². The van der Waals surface area contributed by atoms with Gasteiger partial charge in [-0.25, -0.2) is 0 Å². The van der Waals surface area contributed by atoms with Crippen molar-refractivity contribution in [3.05, 3.63) is 12.2 Å². The summed E-state index contributed by atoms with van der Waals surface area (Å²) in [4.78, 5) is 8.58. The number of nitrogens with zero attached hydrogens (tertiary/aromatic N) is 6. The molecule has 1 aromatic rings. The van der Waals surface area contributed by atoms with Crippen molar-refractivity contribution in [2.75, 3.05) is 34.7 Å². The third kappa shape index (κ3) is 4.79. The Morgan fingerprint density at radius 1 is 1.28 bits per heavy atom. The van der Waals surface area contributed by atoms with Crippen LogP contribution in [0.25, 0.3) is 0 Å². The van der Waals surface area contributed by atoms with Crippen molar-refractivity contribution in [3.63, 3.8) is 0 Å². The number of aliphatic imine (C=N–C) groups is 1. The van der Waals surface area contributed by atoms with E-state index in [1.807, 2.05) is 42.6 Å². The normalized spacial score (nSPS) is 9.61. The highest BCUT2D eigenvalue weighted by Gasteiger charge is 2.04. The molecule has 0 saturated heterocycles. The number of aromatic nitrogens is 3. The maximum atomic E-state index is 4.57. The Morgan fingerprint density at radius 2 is 1.89 bits per heavy atom. The molecule has 1 rings (SSSR count). The molecule has 104 valence electrons. The van der Waals surface area contributed by atoms with Gasteiger partial charge in [0.1, 0.15) is 12.2 Å². The molecular formula is C11H23IN6. The van der Waals surface area contributed by atoms with Gasteiger partial charge in [-0.3, -0.25) is 4.99 Å². The standard InChI is InChI=1S/C11H22N6.HI/c1-6-10-14-13-9-17(10)8-7-12-11(15(2)3)16(4)5;/h9H,6-8H2,1-5H3;1H. The first-order chi connectivity index (χ1) is 8.06. The van der Waals surface area contributed by atoms with E-state index in [2.05, 4.69) is 22.1 Å². The van der Waals surface area contributed by atoms with Gasteiger partial charge in [-0.05, 0) is 0 Å². The molecule has 0 unspecified atom stereocenters. The van der Waals surface area contributed by atoms with E-state index in [1.54, 1.807) is 6.33 Å². The van der Waals surface area contributed by atoms with Gasteiger partial charge in [0.2, 0.25) is 0 Å². The second-order valence-corrected chi connectivity index (χ2v) is 4.26. The molecule has 18 heavy (non-hydrogen) atoms. The van der Waals surface area contributed by atoms with Crippen molar-refractivity contribution in [3.8, 4) is 0 Å². The lowest BCUT2D eigenvalue weighted by Crippen LogP contribution is -2.35. The van der Waals surface area contributed by atoms with Crippen molar-refractivity contribution in [2.24, 2.45) is 4.99 Å². The van der Waals surface area contributed by atoms with E-state index in [0.717, 1.165) is 31.3 Å². The summed E-state index contributed by atoms with van der Waals surface area (Å²) in [5.41, 5.74) is 0. The molecule has 0 aliphatic carbocycles. The van der Waals surface area contributed by atoms with Crippen LogP contribution >= 0.6 is 24.0 Å². The monoisotopic (exact) mass is 366 g/mol. The van der Waals surface area contributed by atoms with Crippen LogP contribution in [0.2, 0.25) is 0 Å². The van der Waals surface area contributed by atoms with Crippen molar-refractivity contribution >= 4 is 29.9 Å². The average Bonchev–Trinajstić information content (AvgIpc) is 2.70. The molecule has 0 spiro atoms. The lowest BCUT2D eigenvalue weighted by molar-refractivity contribution is 0.477. The third-order valence-electron chi connectivity index (χ3n) is 2.41. The van der Waals surface area contributed by atoms with Gasteiger partial charge >= 0.3 is 0 Å². The number of rotatable bonds is 4. The van der Waals surface area contributed by atoms with Gasteiger partial charge in [-0.15, -0.1) is 34.2 Å². The van der Waals surface area contributed by atoms with Crippen molar-refractivity contribution < 1.29 is 0 Å². The molecule has 0 aromatic carbocycles. The van der Waals surface area contributed by atoms with E-state index in [-0.39, 0.29) is 24.0 Å². The van der Waals surface area contributed by atoms with Gasteiger partial charge in [-0.1, -0.05) is 6.92 Å². The van der Waals surface area contributed by atoms with Gasteiger partial charge in [0.05, 0.1) is 6.54 Å². The minimum absolute atomic E-state index is 0. The largest absolute Gasteiger partial charge is 0.349 e. The summed E-state index contributed by atoms with van der Waals surface area (Å²) in [6, 6.07) is 0. The molecule has 0 saturated carbocycles. The molecule has 0 aliphatic rings. The van der Waals surface area contributed by atoms with E-state index in [0.29, 0.717) is 0 Å². The summed E-state index contributed by atoms with van der Waals surface area (Å²) in [7, 11) is 7.98. The Hall–Kier alpha value is -0.860. The molecule has 7 heteroatoms. The molecule has 0 N–H and O–H groups in total. The predicted octanol–water partition coefficient (Wildman–Crippen LogP) is 0.938. The minimum Gasteiger partial charge on any atom is -0.349 e. The zero-order chi connectivity index (χ0) is 12.8. The van der Waals surface area contributed by atoms with E-state index in [9.17, 15) is 0 Å². The molecule has 0 fully saturated rings. The Kier molecular flexibility index (Phi) is 7.88.